The lowest BCUT2D eigenvalue weighted by Gasteiger charge is -2.37. The average Bonchev–Trinajstić information content (AvgIpc) is 2.73. The third kappa shape index (κ3) is 4.11. The van der Waals surface area contributed by atoms with Crippen LogP contribution in [-0.2, 0) is 15.1 Å². The minimum atomic E-state index is -0.271. The maximum Gasteiger partial charge on any atom is 0.0979 e. The molecule has 1 saturated heterocycles. The first-order valence-corrected chi connectivity index (χ1v) is 10.2. The molecule has 138 valence electrons. The smallest absolute Gasteiger partial charge is 0.0979 e. The van der Waals surface area contributed by atoms with Gasteiger partial charge in [-0.1, -0.05) is 60.3 Å². The molecule has 1 aliphatic rings. The van der Waals surface area contributed by atoms with E-state index in [1.807, 2.05) is 6.08 Å². The highest BCUT2D eigenvalue weighted by Gasteiger charge is 2.35. The molecule has 1 heterocycles. The molecule has 1 fully saturated rings. The Balaban J connectivity index is 1.61. The Morgan fingerprint density at radius 3 is 2.52 bits per heavy atom. The predicted octanol–water partition coefficient (Wildman–Crippen LogP) is 6.20. The zero-order chi connectivity index (χ0) is 18.5. The van der Waals surface area contributed by atoms with Crippen LogP contribution < -0.4 is 0 Å². The quantitative estimate of drug-likeness (QED) is 0.477. The van der Waals surface area contributed by atoms with Crippen LogP contribution in [0, 0.1) is 0 Å². The second-order valence-corrected chi connectivity index (χ2v) is 7.99. The standard InChI is InChI=1S/C24H24O2S/c1-2-14-26-24(12-15-25-16-13-24)21-8-5-9-22(18-21)27-23-11-10-19-6-3-4-7-20(19)17-23/h2-11,17-18H,1,12-16H2. The van der Waals surface area contributed by atoms with Gasteiger partial charge in [0.1, 0.15) is 0 Å². The minimum Gasteiger partial charge on any atom is -0.381 e. The van der Waals surface area contributed by atoms with Gasteiger partial charge in [-0.15, -0.1) is 6.58 Å². The van der Waals surface area contributed by atoms with Gasteiger partial charge < -0.3 is 9.47 Å². The van der Waals surface area contributed by atoms with Crippen molar-refractivity contribution in [3.8, 4) is 0 Å². The first-order chi connectivity index (χ1) is 13.3. The second-order valence-electron chi connectivity index (χ2n) is 6.85. The van der Waals surface area contributed by atoms with Gasteiger partial charge in [0.05, 0.1) is 12.2 Å². The summed E-state index contributed by atoms with van der Waals surface area (Å²) in [4.78, 5) is 2.48. The molecule has 27 heavy (non-hydrogen) atoms. The van der Waals surface area contributed by atoms with Gasteiger partial charge in [0.15, 0.2) is 0 Å². The third-order valence-corrected chi connectivity index (χ3v) is 6.07. The van der Waals surface area contributed by atoms with Crippen LogP contribution >= 0.6 is 11.8 Å². The van der Waals surface area contributed by atoms with Crippen molar-refractivity contribution in [1.29, 1.82) is 0 Å². The van der Waals surface area contributed by atoms with E-state index in [1.54, 1.807) is 11.8 Å². The molecule has 4 rings (SSSR count). The SMILES string of the molecule is C=CCOC1(c2cccc(Sc3ccc4ccccc4c3)c2)CCOCC1. The molecule has 0 bridgehead atoms. The zero-order valence-corrected chi connectivity index (χ0v) is 16.2. The summed E-state index contributed by atoms with van der Waals surface area (Å²) in [6, 6.07) is 23.9. The molecule has 0 atom stereocenters. The summed E-state index contributed by atoms with van der Waals surface area (Å²) in [7, 11) is 0. The third-order valence-electron chi connectivity index (χ3n) is 5.09. The minimum absolute atomic E-state index is 0.271. The highest BCUT2D eigenvalue weighted by Crippen LogP contribution is 2.39. The maximum atomic E-state index is 6.26. The summed E-state index contributed by atoms with van der Waals surface area (Å²) in [5, 5.41) is 2.54. The van der Waals surface area contributed by atoms with Crippen LogP contribution in [0.5, 0.6) is 0 Å². The highest BCUT2D eigenvalue weighted by atomic mass is 32.2. The van der Waals surface area contributed by atoms with E-state index >= 15 is 0 Å². The van der Waals surface area contributed by atoms with Crippen molar-refractivity contribution in [2.24, 2.45) is 0 Å². The van der Waals surface area contributed by atoms with E-state index in [-0.39, 0.29) is 5.60 Å². The van der Waals surface area contributed by atoms with E-state index in [0.29, 0.717) is 6.61 Å². The molecule has 0 saturated carbocycles. The van der Waals surface area contributed by atoms with Crippen LogP contribution in [0.2, 0.25) is 0 Å². The number of benzene rings is 3. The summed E-state index contributed by atoms with van der Waals surface area (Å²) in [5.41, 5.74) is 0.963. The fourth-order valence-electron chi connectivity index (χ4n) is 3.65. The molecule has 3 heteroatoms. The Bertz CT molecular complexity index is 928. The molecule has 0 aromatic heterocycles. The molecule has 3 aromatic rings. The van der Waals surface area contributed by atoms with Crippen LogP contribution in [0.3, 0.4) is 0 Å². The molecule has 0 aliphatic carbocycles. The molecule has 0 amide bonds. The molecular formula is C24H24O2S. The van der Waals surface area contributed by atoms with E-state index in [9.17, 15) is 0 Å². The van der Waals surface area contributed by atoms with Gasteiger partial charge in [0.25, 0.3) is 0 Å². The number of hydrogen-bond donors (Lipinski definition) is 0. The fraction of sp³-hybridized carbons (Fsp3) is 0.250. The first kappa shape index (κ1) is 18.3. The van der Waals surface area contributed by atoms with Gasteiger partial charge in [0, 0.05) is 35.8 Å². The van der Waals surface area contributed by atoms with E-state index in [2.05, 4.69) is 73.3 Å². The molecule has 0 unspecified atom stereocenters. The fourth-order valence-corrected chi connectivity index (χ4v) is 4.57. The van der Waals surface area contributed by atoms with Crippen LogP contribution in [0.15, 0.2) is 89.2 Å². The second kappa shape index (κ2) is 8.30. The normalized spacial score (nSPS) is 16.3. The Morgan fingerprint density at radius 2 is 1.70 bits per heavy atom. The van der Waals surface area contributed by atoms with Gasteiger partial charge in [-0.3, -0.25) is 0 Å². The van der Waals surface area contributed by atoms with E-state index in [4.69, 9.17) is 9.47 Å². The first-order valence-electron chi connectivity index (χ1n) is 9.39. The maximum absolute atomic E-state index is 6.26. The monoisotopic (exact) mass is 376 g/mol. The van der Waals surface area contributed by atoms with Crippen molar-refractivity contribution in [3.63, 3.8) is 0 Å². The number of ether oxygens (including phenoxy) is 2. The van der Waals surface area contributed by atoms with Crippen LogP contribution in [0.1, 0.15) is 18.4 Å². The molecule has 3 aromatic carbocycles. The highest BCUT2D eigenvalue weighted by molar-refractivity contribution is 7.99. The average molecular weight is 377 g/mol. The largest absolute Gasteiger partial charge is 0.381 e. The lowest BCUT2D eigenvalue weighted by Crippen LogP contribution is -2.36. The molecule has 0 N–H and O–H groups in total. The molecule has 0 radical (unpaired) electrons. The Hall–Kier alpha value is -2.07. The Morgan fingerprint density at radius 1 is 0.926 bits per heavy atom. The van der Waals surface area contributed by atoms with Gasteiger partial charge in [-0.05, 0) is 40.6 Å². The van der Waals surface area contributed by atoms with Gasteiger partial charge in [0.2, 0.25) is 0 Å². The van der Waals surface area contributed by atoms with Gasteiger partial charge >= 0.3 is 0 Å². The van der Waals surface area contributed by atoms with Crippen LogP contribution in [-0.4, -0.2) is 19.8 Å². The molecule has 0 spiro atoms. The predicted molar refractivity (Wildman–Crippen MR) is 112 cm³/mol. The lowest BCUT2D eigenvalue weighted by atomic mass is 9.86. The van der Waals surface area contributed by atoms with Crippen molar-refractivity contribution < 1.29 is 9.47 Å². The zero-order valence-electron chi connectivity index (χ0n) is 15.4. The van der Waals surface area contributed by atoms with Crippen LogP contribution in [0.25, 0.3) is 10.8 Å². The summed E-state index contributed by atoms with van der Waals surface area (Å²) in [6.45, 7) is 5.84. The summed E-state index contributed by atoms with van der Waals surface area (Å²) >= 11 is 1.80. The van der Waals surface area contributed by atoms with Crippen molar-refractivity contribution in [2.75, 3.05) is 19.8 Å². The van der Waals surface area contributed by atoms with Crippen LogP contribution in [0.4, 0.5) is 0 Å². The number of rotatable bonds is 6. The van der Waals surface area contributed by atoms with Gasteiger partial charge in [-0.25, -0.2) is 0 Å². The van der Waals surface area contributed by atoms with E-state index < -0.39 is 0 Å². The Labute approximate surface area is 165 Å². The van der Waals surface area contributed by atoms with Crippen molar-refractivity contribution in [2.45, 2.75) is 28.2 Å². The number of fused-ring (bicyclic) bond motifs is 1. The number of hydrogen-bond acceptors (Lipinski definition) is 3. The molecule has 2 nitrogen and oxygen atoms in total. The van der Waals surface area contributed by atoms with Crippen molar-refractivity contribution in [3.05, 3.63) is 84.9 Å². The molecular weight excluding hydrogens is 352 g/mol. The van der Waals surface area contributed by atoms with E-state index in [0.717, 1.165) is 26.1 Å². The topological polar surface area (TPSA) is 18.5 Å². The van der Waals surface area contributed by atoms with Gasteiger partial charge in [-0.2, -0.15) is 0 Å². The molecule has 1 aliphatic heterocycles. The summed E-state index contributed by atoms with van der Waals surface area (Å²) in [6.07, 6.45) is 3.58. The summed E-state index contributed by atoms with van der Waals surface area (Å²) < 4.78 is 11.8. The summed E-state index contributed by atoms with van der Waals surface area (Å²) in [5.74, 6) is 0. The van der Waals surface area contributed by atoms with Crippen molar-refractivity contribution in [1.82, 2.24) is 0 Å². The van der Waals surface area contributed by atoms with Crippen molar-refractivity contribution >= 4 is 22.5 Å². The Kier molecular flexibility index (Phi) is 5.63. The van der Waals surface area contributed by atoms with E-state index in [1.165, 1.54) is 26.1 Å². The lowest BCUT2D eigenvalue weighted by molar-refractivity contribution is -0.107.